The van der Waals surface area contributed by atoms with E-state index in [1.165, 1.54) is 17.9 Å². The van der Waals surface area contributed by atoms with Crippen LogP contribution in [0.25, 0.3) is 5.69 Å². The molecule has 1 aromatic carbocycles. The highest BCUT2D eigenvalue weighted by molar-refractivity contribution is 6.42. The third-order valence-corrected chi connectivity index (χ3v) is 5.21. The molecule has 0 aliphatic heterocycles. The van der Waals surface area contributed by atoms with E-state index in [4.69, 9.17) is 4.42 Å². The Morgan fingerprint density at radius 3 is 2.64 bits per heavy atom. The topological polar surface area (TPSA) is 77.1 Å². The molecule has 1 N–H and O–H groups in total. The number of aromatic nitrogens is 2. The number of hydrogen-bond donors (Lipinski definition) is 1. The maximum Gasteiger partial charge on any atom is 0.296 e. The summed E-state index contributed by atoms with van der Waals surface area (Å²) in [5.41, 5.74) is 4.16. The van der Waals surface area contributed by atoms with Gasteiger partial charge in [0.15, 0.2) is 5.76 Å². The fourth-order valence-electron chi connectivity index (χ4n) is 3.82. The molecular weight excluding hydrogens is 354 g/mol. The summed E-state index contributed by atoms with van der Waals surface area (Å²) >= 11 is 0. The zero-order valence-corrected chi connectivity index (χ0v) is 16.2. The molecule has 6 nitrogen and oxygen atoms in total. The first-order chi connectivity index (χ1) is 13.3. The van der Waals surface area contributed by atoms with Crippen molar-refractivity contribution in [3.8, 4) is 5.69 Å². The number of furan rings is 1. The maximum atomic E-state index is 12.5. The number of rotatable bonds is 4. The number of benzene rings is 1. The van der Waals surface area contributed by atoms with Crippen molar-refractivity contribution in [3.63, 3.8) is 0 Å². The summed E-state index contributed by atoms with van der Waals surface area (Å²) in [5.74, 6) is -1.28. The number of hydrogen-bond acceptors (Lipinski definition) is 4. The summed E-state index contributed by atoms with van der Waals surface area (Å²) in [4.78, 5) is 24.8. The highest BCUT2D eigenvalue weighted by Gasteiger charge is 2.37. The Bertz CT molecular complexity index is 1010. The molecule has 6 heteroatoms. The first-order valence-corrected chi connectivity index (χ1v) is 9.37. The minimum atomic E-state index is -0.666. The second-order valence-corrected chi connectivity index (χ2v) is 8.17. The second kappa shape index (κ2) is 6.78. The molecule has 4 rings (SSSR count). The molecule has 2 aromatic heterocycles. The Kier molecular flexibility index (Phi) is 4.41. The first kappa shape index (κ1) is 18.2. The van der Waals surface area contributed by atoms with Gasteiger partial charge in [0.2, 0.25) is 0 Å². The Morgan fingerprint density at radius 1 is 1.21 bits per heavy atom. The molecule has 0 saturated heterocycles. The van der Waals surface area contributed by atoms with Crippen LogP contribution in [0.1, 0.15) is 53.7 Å². The predicted octanol–water partition coefficient (Wildman–Crippen LogP) is 3.79. The van der Waals surface area contributed by atoms with Gasteiger partial charge in [0.25, 0.3) is 11.7 Å². The molecule has 0 fully saturated rings. The molecule has 2 heterocycles. The molecule has 0 unspecified atom stereocenters. The lowest BCUT2D eigenvalue weighted by atomic mass is 9.74. The number of aryl methyl sites for hydroxylation is 1. The molecule has 0 radical (unpaired) electrons. The molecule has 1 aliphatic rings. The van der Waals surface area contributed by atoms with Gasteiger partial charge in [0.1, 0.15) is 0 Å². The highest BCUT2D eigenvalue weighted by Crippen LogP contribution is 2.41. The average molecular weight is 377 g/mol. The van der Waals surface area contributed by atoms with Gasteiger partial charge < -0.3 is 9.73 Å². The van der Waals surface area contributed by atoms with Crippen molar-refractivity contribution in [1.29, 1.82) is 0 Å². The van der Waals surface area contributed by atoms with Gasteiger partial charge >= 0.3 is 0 Å². The molecule has 3 aromatic rings. The molecule has 144 valence electrons. The summed E-state index contributed by atoms with van der Waals surface area (Å²) < 4.78 is 6.99. The van der Waals surface area contributed by atoms with E-state index in [-0.39, 0.29) is 17.2 Å². The van der Waals surface area contributed by atoms with Gasteiger partial charge in [-0.05, 0) is 49.4 Å². The lowest BCUT2D eigenvalue weighted by Crippen LogP contribution is -2.39. The molecule has 0 spiro atoms. The van der Waals surface area contributed by atoms with Crippen LogP contribution in [0.15, 0.2) is 53.3 Å². The van der Waals surface area contributed by atoms with Crippen molar-refractivity contribution in [3.05, 3.63) is 71.4 Å². The monoisotopic (exact) mass is 377 g/mol. The average Bonchev–Trinajstić information content (AvgIpc) is 3.31. The van der Waals surface area contributed by atoms with Crippen LogP contribution in [0, 0.1) is 12.3 Å². The minimum absolute atomic E-state index is 0.0405. The van der Waals surface area contributed by atoms with Crippen molar-refractivity contribution in [1.82, 2.24) is 15.1 Å². The number of carbonyl (C=O) groups is 2. The number of carbonyl (C=O) groups excluding carboxylic acids is 2. The number of nitrogens with one attached hydrogen (secondary N) is 1. The van der Waals surface area contributed by atoms with Crippen molar-refractivity contribution >= 4 is 11.7 Å². The van der Waals surface area contributed by atoms with E-state index < -0.39 is 11.7 Å². The number of nitrogens with zero attached hydrogens (tertiary/aromatic N) is 2. The molecule has 1 aliphatic carbocycles. The minimum Gasteiger partial charge on any atom is -0.461 e. The van der Waals surface area contributed by atoms with Crippen LogP contribution >= 0.6 is 0 Å². The lowest BCUT2D eigenvalue weighted by molar-refractivity contribution is -0.118. The smallest absolute Gasteiger partial charge is 0.296 e. The molecule has 0 saturated carbocycles. The van der Waals surface area contributed by atoms with Gasteiger partial charge in [-0.25, -0.2) is 4.68 Å². The fraction of sp³-hybridized carbons (Fsp3) is 0.318. The third-order valence-electron chi connectivity index (χ3n) is 5.21. The van der Waals surface area contributed by atoms with Gasteiger partial charge in [-0.2, -0.15) is 5.10 Å². The van der Waals surface area contributed by atoms with Gasteiger partial charge in [-0.15, -0.1) is 0 Å². The van der Waals surface area contributed by atoms with Gasteiger partial charge in [0.05, 0.1) is 29.9 Å². The van der Waals surface area contributed by atoms with E-state index in [9.17, 15) is 9.59 Å². The van der Waals surface area contributed by atoms with Crippen LogP contribution in [0.2, 0.25) is 0 Å². The first-order valence-electron chi connectivity index (χ1n) is 9.37. The number of ketones is 1. The van der Waals surface area contributed by atoms with E-state index in [0.29, 0.717) is 0 Å². The van der Waals surface area contributed by atoms with Gasteiger partial charge in [0, 0.05) is 5.56 Å². The molecule has 1 atom stereocenters. The standard InChI is InChI=1S/C22H23N3O3/c1-14-6-8-15(9-7-14)25-18-12-22(2,3)11-17(16(18)13-23-25)24-21(27)20(26)19-5-4-10-28-19/h4-10,13,17H,11-12H2,1-3H3,(H,24,27)/t17-/m0/s1. The fourth-order valence-corrected chi connectivity index (χ4v) is 3.82. The van der Waals surface area contributed by atoms with E-state index in [1.54, 1.807) is 12.3 Å². The summed E-state index contributed by atoms with van der Waals surface area (Å²) in [5, 5.41) is 7.47. The van der Waals surface area contributed by atoms with Crippen LogP contribution in [-0.4, -0.2) is 21.5 Å². The van der Waals surface area contributed by atoms with E-state index in [2.05, 4.69) is 36.4 Å². The largest absolute Gasteiger partial charge is 0.461 e. The van der Waals surface area contributed by atoms with Crippen molar-refractivity contribution in [2.75, 3.05) is 0 Å². The van der Waals surface area contributed by atoms with Crippen molar-refractivity contribution < 1.29 is 14.0 Å². The van der Waals surface area contributed by atoms with Crippen LogP contribution in [-0.2, 0) is 11.2 Å². The molecule has 0 bridgehead atoms. The van der Waals surface area contributed by atoms with E-state index in [1.807, 2.05) is 23.7 Å². The third kappa shape index (κ3) is 3.38. The molecular formula is C22H23N3O3. The van der Waals surface area contributed by atoms with Gasteiger partial charge in [-0.1, -0.05) is 31.5 Å². The Hall–Kier alpha value is -3.15. The normalized spacial score (nSPS) is 17.8. The summed E-state index contributed by atoms with van der Waals surface area (Å²) in [6, 6.07) is 11.0. The zero-order valence-electron chi connectivity index (χ0n) is 16.2. The Balaban J connectivity index is 1.65. The summed E-state index contributed by atoms with van der Waals surface area (Å²) in [6.45, 7) is 6.37. The predicted molar refractivity (Wildman–Crippen MR) is 104 cm³/mol. The van der Waals surface area contributed by atoms with E-state index in [0.717, 1.165) is 29.8 Å². The van der Waals surface area contributed by atoms with Crippen LogP contribution in [0.3, 0.4) is 0 Å². The van der Waals surface area contributed by atoms with Gasteiger partial charge in [-0.3, -0.25) is 9.59 Å². The number of fused-ring (bicyclic) bond motifs is 1. The molecule has 1 amide bonds. The summed E-state index contributed by atoms with van der Waals surface area (Å²) in [7, 11) is 0. The Morgan fingerprint density at radius 2 is 1.96 bits per heavy atom. The van der Waals surface area contributed by atoms with Crippen molar-refractivity contribution in [2.45, 2.75) is 39.7 Å². The summed E-state index contributed by atoms with van der Waals surface area (Å²) in [6.07, 6.45) is 4.76. The maximum absolute atomic E-state index is 12.5. The molecule has 28 heavy (non-hydrogen) atoms. The lowest BCUT2D eigenvalue weighted by Gasteiger charge is -2.35. The van der Waals surface area contributed by atoms with E-state index >= 15 is 0 Å². The number of Topliss-reactive ketones (excluding diaryl/α,β-unsaturated/α-hetero) is 1. The van der Waals surface area contributed by atoms with Crippen LogP contribution in [0.5, 0.6) is 0 Å². The highest BCUT2D eigenvalue weighted by atomic mass is 16.3. The SMILES string of the molecule is Cc1ccc(-n2ncc3c2CC(C)(C)C[C@@H]3NC(=O)C(=O)c2ccco2)cc1. The zero-order chi connectivity index (χ0) is 19.9. The van der Waals surface area contributed by atoms with Crippen molar-refractivity contribution in [2.24, 2.45) is 5.41 Å². The second-order valence-electron chi connectivity index (χ2n) is 8.17. The quantitative estimate of drug-likeness (QED) is 0.554. The Labute approximate surface area is 163 Å². The number of amides is 1. The van der Waals surface area contributed by atoms with Crippen LogP contribution in [0.4, 0.5) is 0 Å². The van der Waals surface area contributed by atoms with Crippen LogP contribution < -0.4 is 5.32 Å².